The molecule has 1 aromatic carbocycles. The predicted molar refractivity (Wildman–Crippen MR) is 114 cm³/mol. The van der Waals surface area contributed by atoms with Crippen molar-refractivity contribution in [1.82, 2.24) is 9.55 Å². The van der Waals surface area contributed by atoms with Gasteiger partial charge in [-0.3, -0.25) is 14.2 Å². The van der Waals surface area contributed by atoms with Gasteiger partial charge >= 0.3 is 0 Å². The van der Waals surface area contributed by atoms with Crippen LogP contribution in [0.5, 0.6) is 0 Å². The van der Waals surface area contributed by atoms with Crippen LogP contribution in [0.15, 0.2) is 35.4 Å². The van der Waals surface area contributed by atoms with E-state index in [9.17, 15) is 9.59 Å². The molecule has 6 heteroatoms. The maximum absolute atomic E-state index is 13.2. The number of carbonyl (C=O) groups is 1. The van der Waals surface area contributed by atoms with Crippen molar-refractivity contribution >= 4 is 33.1 Å². The Bertz CT molecular complexity index is 1080. The summed E-state index contributed by atoms with van der Waals surface area (Å²) in [5.74, 6) is 0.428. The molecule has 1 amide bonds. The molecule has 1 aliphatic rings. The molecule has 5 nitrogen and oxygen atoms in total. The van der Waals surface area contributed by atoms with E-state index in [0.717, 1.165) is 41.8 Å². The molecule has 2 aromatic heterocycles. The Morgan fingerprint density at radius 2 is 2.11 bits per heavy atom. The highest BCUT2D eigenvalue weighted by molar-refractivity contribution is 7.18. The third kappa shape index (κ3) is 3.37. The molecule has 0 fully saturated rings. The zero-order valence-electron chi connectivity index (χ0n) is 16.5. The van der Waals surface area contributed by atoms with Gasteiger partial charge in [-0.25, -0.2) is 4.98 Å². The molecule has 0 unspecified atom stereocenters. The minimum atomic E-state index is -0.631. The van der Waals surface area contributed by atoms with E-state index in [1.54, 1.807) is 18.3 Å². The van der Waals surface area contributed by atoms with Crippen molar-refractivity contribution in [1.29, 1.82) is 0 Å². The maximum Gasteiger partial charge on any atom is 0.263 e. The lowest BCUT2D eigenvalue weighted by Gasteiger charge is -2.18. The van der Waals surface area contributed by atoms with Crippen LogP contribution in [-0.4, -0.2) is 15.5 Å². The van der Waals surface area contributed by atoms with Crippen LogP contribution in [0.3, 0.4) is 0 Å². The number of fused-ring (bicyclic) bond motifs is 3. The van der Waals surface area contributed by atoms with Gasteiger partial charge in [-0.1, -0.05) is 26.0 Å². The number of nitrogens with one attached hydrogen (secondary N) is 1. The molecular weight excluding hydrogens is 370 g/mol. The van der Waals surface area contributed by atoms with Gasteiger partial charge in [0.15, 0.2) is 0 Å². The highest BCUT2D eigenvalue weighted by Gasteiger charge is 2.25. The van der Waals surface area contributed by atoms with Gasteiger partial charge in [-0.15, -0.1) is 11.3 Å². The third-order valence-electron chi connectivity index (χ3n) is 5.67. The Labute approximate surface area is 168 Å². The number of hydrogen-bond acceptors (Lipinski definition) is 4. The number of thiophene rings is 1. The number of aromatic nitrogens is 2. The fourth-order valence-corrected chi connectivity index (χ4v) is 5.16. The SMILES string of the molecule is CCc1ccc(NC(=O)[C@H](C)n2cnc3sc4c(c3c2=O)CC[C@H](C)C4)cc1. The molecular formula is C22H25N3O2S. The van der Waals surface area contributed by atoms with E-state index in [1.807, 2.05) is 24.3 Å². The Kier molecular flexibility index (Phi) is 5.06. The largest absolute Gasteiger partial charge is 0.324 e. The molecule has 0 saturated heterocycles. The monoisotopic (exact) mass is 395 g/mol. The van der Waals surface area contributed by atoms with Crippen molar-refractivity contribution in [2.45, 2.75) is 52.5 Å². The lowest BCUT2D eigenvalue weighted by atomic mass is 9.89. The van der Waals surface area contributed by atoms with Gasteiger partial charge in [-0.2, -0.15) is 0 Å². The quantitative estimate of drug-likeness (QED) is 0.714. The number of anilines is 1. The van der Waals surface area contributed by atoms with Crippen molar-refractivity contribution in [2.24, 2.45) is 5.92 Å². The number of amides is 1. The zero-order chi connectivity index (χ0) is 19.8. The summed E-state index contributed by atoms with van der Waals surface area (Å²) in [7, 11) is 0. The van der Waals surface area contributed by atoms with Crippen LogP contribution in [0.25, 0.3) is 10.2 Å². The molecule has 0 saturated carbocycles. The van der Waals surface area contributed by atoms with E-state index in [4.69, 9.17) is 0 Å². The number of aryl methyl sites for hydroxylation is 2. The number of carbonyl (C=O) groups excluding carboxylic acids is 1. The van der Waals surface area contributed by atoms with Gasteiger partial charge in [-0.05, 0) is 61.8 Å². The predicted octanol–water partition coefficient (Wildman–Crippen LogP) is 4.34. The molecule has 0 spiro atoms. The normalized spacial score (nSPS) is 17.3. The summed E-state index contributed by atoms with van der Waals surface area (Å²) in [6.45, 7) is 6.08. The molecule has 28 heavy (non-hydrogen) atoms. The van der Waals surface area contributed by atoms with Gasteiger partial charge in [0.25, 0.3) is 5.56 Å². The minimum absolute atomic E-state index is 0.110. The van der Waals surface area contributed by atoms with E-state index in [1.165, 1.54) is 21.3 Å². The van der Waals surface area contributed by atoms with Crippen LogP contribution in [0.2, 0.25) is 0 Å². The summed E-state index contributed by atoms with van der Waals surface area (Å²) < 4.78 is 1.46. The average Bonchev–Trinajstić information content (AvgIpc) is 3.06. The molecule has 1 N–H and O–H groups in total. The molecule has 146 valence electrons. The summed E-state index contributed by atoms with van der Waals surface area (Å²) in [5.41, 5.74) is 2.99. The van der Waals surface area contributed by atoms with Crippen molar-refractivity contribution in [3.63, 3.8) is 0 Å². The summed E-state index contributed by atoms with van der Waals surface area (Å²) in [4.78, 5) is 32.5. The Hall–Kier alpha value is -2.47. The molecule has 1 aliphatic carbocycles. The molecule has 0 aliphatic heterocycles. The van der Waals surface area contributed by atoms with Crippen molar-refractivity contribution in [2.75, 3.05) is 5.32 Å². The second-order valence-electron chi connectivity index (χ2n) is 7.70. The van der Waals surface area contributed by atoms with Crippen LogP contribution in [0.4, 0.5) is 5.69 Å². The van der Waals surface area contributed by atoms with Crippen molar-refractivity contribution < 1.29 is 4.79 Å². The Balaban J connectivity index is 1.63. The van der Waals surface area contributed by atoms with Crippen molar-refractivity contribution in [3.8, 4) is 0 Å². The van der Waals surface area contributed by atoms with E-state index < -0.39 is 6.04 Å². The fraction of sp³-hybridized carbons (Fsp3) is 0.409. The molecule has 2 heterocycles. The second kappa shape index (κ2) is 7.51. The van der Waals surface area contributed by atoms with Crippen LogP contribution in [0.1, 0.15) is 49.2 Å². The maximum atomic E-state index is 13.2. The third-order valence-corrected chi connectivity index (χ3v) is 6.83. The number of hydrogen-bond donors (Lipinski definition) is 1. The first-order chi connectivity index (χ1) is 13.5. The number of rotatable bonds is 4. The summed E-state index contributed by atoms with van der Waals surface area (Å²) in [6, 6.07) is 7.15. The van der Waals surface area contributed by atoms with Gasteiger partial charge in [0.1, 0.15) is 10.9 Å². The number of nitrogens with zero attached hydrogens (tertiary/aromatic N) is 2. The van der Waals surface area contributed by atoms with Crippen LogP contribution < -0.4 is 10.9 Å². The molecule has 4 rings (SSSR count). The van der Waals surface area contributed by atoms with Crippen LogP contribution in [0, 0.1) is 5.92 Å². The smallest absolute Gasteiger partial charge is 0.263 e. The van der Waals surface area contributed by atoms with E-state index in [2.05, 4.69) is 24.1 Å². The first kappa shape index (κ1) is 18.9. The summed E-state index contributed by atoms with van der Waals surface area (Å²) in [6.07, 6.45) is 5.49. The van der Waals surface area contributed by atoms with E-state index in [0.29, 0.717) is 11.3 Å². The van der Waals surface area contributed by atoms with Gasteiger partial charge in [0, 0.05) is 10.6 Å². The lowest BCUT2D eigenvalue weighted by Crippen LogP contribution is -2.32. The fourth-order valence-electron chi connectivity index (χ4n) is 3.82. The Morgan fingerprint density at radius 1 is 1.36 bits per heavy atom. The topological polar surface area (TPSA) is 64.0 Å². The average molecular weight is 396 g/mol. The Morgan fingerprint density at radius 3 is 2.82 bits per heavy atom. The second-order valence-corrected chi connectivity index (χ2v) is 8.79. The highest BCUT2D eigenvalue weighted by Crippen LogP contribution is 2.35. The first-order valence-corrected chi connectivity index (χ1v) is 10.7. The van der Waals surface area contributed by atoms with Gasteiger partial charge in [0.2, 0.25) is 5.91 Å². The van der Waals surface area contributed by atoms with Gasteiger partial charge in [0.05, 0.1) is 11.7 Å². The number of benzene rings is 1. The molecule has 0 bridgehead atoms. The van der Waals surface area contributed by atoms with Crippen LogP contribution in [-0.2, 0) is 24.1 Å². The van der Waals surface area contributed by atoms with E-state index >= 15 is 0 Å². The first-order valence-electron chi connectivity index (χ1n) is 9.89. The highest BCUT2D eigenvalue weighted by atomic mass is 32.1. The van der Waals surface area contributed by atoms with Gasteiger partial charge < -0.3 is 5.32 Å². The zero-order valence-corrected chi connectivity index (χ0v) is 17.3. The minimum Gasteiger partial charge on any atom is -0.324 e. The standard InChI is InChI=1S/C22H25N3O2S/c1-4-15-6-8-16(9-7-15)24-20(26)14(3)25-12-23-21-19(22(25)27)17-10-5-13(2)11-18(17)28-21/h6-9,12-14H,4-5,10-11H2,1-3H3,(H,24,26)/t13-,14-/m0/s1. The summed E-state index contributed by atoms with van der Waals surface area (Å²) >= 11 is 1.63. The molecule has 2 atom stereocenters. The molecule has 3 aromatic rings. The van der Waals surface area contributed by atoms with Crippen molar-refractivity contribution in [3.05, 3.63) is 57.0 Å². The van der Waals surface area contributed by atoms with E-state index in [-0.39, 0.29) is 11.5 Å². The summed E-state index contributed by atoms with van der Waals surface area (Å²) in [5, 5.41) is 3.61. The van der Waals surface area contributed by atoms with Crippen LogP contribution >= 0.6 is 11.3 Å². The molecule has 0 radical (unpaired) electrons. The lowest BCUT2D eigenvalue weighted by molar-refractivity contribution is -0.118.